The lowest BCUT2D eigenvalue weighted by Gasteiger charge is -2.29. The third kappa shape index (κ3) is 15.2. The highest BCUT2D eigenvalue weighted by atomic mass is 31.2. The van der Waals surface area contributed by atoms with E-state index in [-0.39, 0.29) is 51.5 Å². The number of carbonyl (C=O) groups excluding carboxylic acids is 2. The largest absolute Gasteiger partial charge is 0.508 e. The molecule has 46 heavy (non-hydrogen) atoms. The Hall–Kier alpha value is -4.13. The van der Waals surface area contributed by atoms with Gasteiger partial charge >= 0.3 is 26.0 Å². The van der Waals surface area contributed by atoms with Gasteiger partial charge in [0, 0.05) is 7.05 Å². The van der Waals surface area contributed by atoms with E-state index in [0.717, 1.165) is 11.1 Å². The van der Waals surface area contributed by atoms with Crippen molar-refractivity contribution in [1.29, 1.82) is 0 Å². The molecule has 0 spiro atoms. The van der Waals surface area contributed by atoms with Gasteiger partial charge in [-0.3, -0.25) is 9.05 Å². The maximum absolute atomic E-state index is 13.5. The number of likely N-dealkylation sites (N-methyl/N-ethyl adjacent to an activating group) is 1. The molecule has 0 aromatic heterocycles. The Labute approximate surface area is 269 Å². The second kappa shape index (κ2) is 20.8. The maximum Gasteiger partial charge on any atom is 0.508 e. The van der Waals surface area contributed by atoms with Crippen LogP contribution in [0.15, 0.2) is 65.4 Å². The van der Waals surface area contributed by atoms with E-state index >= 15 is 0 Å². The summed E-state index contributed by atoms with van der Waals surface area (Å²) >= 11 is 0. The predicted molar refractivity (Wildman–Crippen MR) is 169 cm³/mol. The van der Waals surface area contributed by atoms with E-state index in [9.17, 15) is 24.1 Å². The Balaban J connectivity index is 1.82. The van der Waals surface area contributed by atoms with E-state index < -0.39 is 32.1 Å². The van der Waals surface area contributed by atoms with Gasteiger partial charge in [0.1, 0.15) is 19.3 Å². The highest BCUT2D eigenvalue weighted by molar-refractivity contribution is 7.52. The molecule has 15 heteroatoms. The van der Waals surface area contributed by atoms with Gasteiger partial charge in [0.25, 0.3) is 0 Å². The molecule has 1 unspecified atom stereocenters. The highest BCUT2D eigenvalue weighted by Gasteiger charge is 2.31. The molecule has 0 aliphatic rings. The SMILES string of the molecule is CC(C)C(C(=O)O)N(C)C(N)=NP(=O)(OCCCCOC(=O)OCc1ccccc1)OCCCCOC(=O)OCc1ccccc1. The number of unbranched alkanes of at least 4 members (excludes halogenated alkanes) is 2. The van der Waals surface area contributed by atoms with Gasteiger partial charge in [-0.25, -0.2) is 18.9 Å². The number of aliphatic carboxylic acids is 1. The fourth-order valence-corrected chi connectivity index (χ4v) is 5.23. The first-order valence-electron chi connectivity index (χ1n) is 14.9. The minimum absolute atomic E-state index is 0.0404. The quantitative estimate of drug-likeness (QED) is 0.0573. The molecule has 0 radical (unpaired) electrons. The van der Waals surface area contributed by atoms with Gasteiger partial charge in [-0.2, -0.15) is 0 Å². The van der Waals surface area contributed by atoms with Crippen LogP contribution in [0, 0.1) is 5.92 Å². The number of hydrogen-bond acceptors (Lipinski definition) is 10. The zero-order valence-electron chi connectivity index (χ0n) is 26.4. The summed E-state index contributed by atoms with van der Waals surface area (Å²) in [6.07, 6.45) is -0.241. The van der Waals surface area contributed by atoms with Crippen molar-refractivity contribution in [2.45, 2.75) is 58.8 Å². The highest BCUT2D eigenvalue weighted by Crippen LogP contribution is 2.50. The van der Waals surface area contributed by atoms with Gasteiger partial charge in [-0.05, 0) is 42.7 Å². The van der Waals surface area contributed by atoms with E-state index in [1.165, 1.54) is 11.9 Å². The van der Waals surface area contributed by atoms with Crippen LogP contribution in [0.1, 0.15) is 50.7 Å². The third-order valence-electron chi connectivity index (χ3n) is 6.31. The van der Waals surface area contributed by atoms with Gasteiger partial charge in [0.15, 0.2) is 0 Å². The Morgan fingerprint density at radius 1 is 0.761 bits per heavy atom. The molecule has 3 N–H and O–H groups in total. The van der Waals surface area contributed by atoms with Crippen LogP contribution in [0.3, 0.4) is 0 Å². The lowest BCUT2D eigenvalue weighted by atomic mass is 10.0. The van der Waals surface area contributed by atoms with Crippen LogP contribution >= 0.6 is 7.75 Å². The first kappa shape index (κ1) is 38.1. The first-order valence-corrected chi connectivity index (χ1v) is 16.4. The number of guanidine groups is 1. The minimum atomic E-state index is -4.19. The summed E-state index contributed by atoms with van der Waals surface area (Å²) < 4.78 is 48.7. The van der Waals surface area contributed by atoms with Crippen molar-refractivity contribution in [3.63, 3.8) is 0 Å². The van der Waals surface area contributed by atoms with Crippen LogP contribution in [-0.4, -0.2) is 73.8 Å². The van der Waals surface area contributed by atoms with E-state index in [1.54, 1.807) is 13.8 Å². The third-order valence-corrected chi connectivity index (χ3v) is 7.78. The molecule has 0 amide bonds. The number of carboxylic acids is 1. The molecule has 0 saturated heterocycles. The summed E-state index contributed by atoms with van der Waals surface area (Å²) in [4.78, 5) is 36.6. The number of hydrogen-bond donors (Lipinski definition) is 2. The molecule has 0 aliphatic carbocycles. The summed E-state index contributed by atoms with van der Waals surface area (Å²) in [6, 6.07) is 17.3. The van der Waals surface area contributed by atoms with Crippen LogP contribution in [0.5, 0.6) is 0 Å². The number of carboxylic acid groups (broad SMARTS) is 1. The van der Waals surface area contributed by atoms with Gasteiger partial charge in [0.2, 0.25) is 5.96 Å². The molecule has 2 aromatic carbocycles. The second-order valence-electron chi connectivity index (χ2n) is 10.4. The predicted octanol–water partition coefficient (Wildman–Crippen LogP) is 5.75. The number of benzene rings is 2. The van der Waals surface area contributed by atoms with Gasteiger partial charge < -0.3 is 34.7 Å². The van der Waals surface area contributed by atoms with Gasteiger partial charge in [0.05, 0.1) is 26.4 Å². The van der Waals surface area contributed by atoms with Crippen LogP contribution in [0.2, 0.25) is 0 Å². The number of ether oxygens (including phenoxy) is 4. The zero-order valence-corrected chi connectivity index (χ0v) is 27.3. The normalized spacial score (nSPS) is 12.3. The number of nitrogens with two attached hydrogens (primary N) is 1. The van der Waals surface area contributed by atoms with Crippen molar-refractivity contribution in [2.75, 3.05) is 33.5 Å². The molecular weight excluding hydrogens is 621 g/mol. The van der Waals surface area contributed by atoms with Crippen LogP contribution in [0.4, 0.5) is 9.59 Å². The number of rotatable bonds is 20. The monoisotopic (exact) mass is 665 g/mol. The summed E-state index contributed by atoms with van der Waals surface area (Å²) in [5, 5.41) is 9.60. The summed E-state index contributed by atoms with van der Waals surface area (Å²) in [5.74, 6) is -1.80. The van der Waals surface area contributed by atoms with E-state index in [4.69, 9.17) is 33.7 Å². The Kier molecular flexibility index (Phi) is 17.2. The second-order valence-corrected chi connectivity index (χ2v) is 12.0. The lowest BCUT2D eigenvalue weighted by molar-refractivity contribution is -0.142. The number of nitrogens with zero attached hydrogens (tertiary/aromatic N) is 2. The van der Waals surface area contributed by atoms with Crippen molar-refractivity contribution in [3.8, 4) is 0 Å². The van der Waals surface area contributed by atoms with Crippen molar-refractivity contribution in [2.24, 2.45) is 16.4 Å². The molecule has 0 saturated carbocycles. The van der Waals surface area contributed by atoms with Gasteiger partial charge in [-0.15, -0.1) is 4.76 Å². The molecular formula is C31H44N3O11P. The average molecular weight is 666 g/mol. The molecule has 1 atom stereocenters. The minimum Gasteiger partial charge on any atom is -0.480 e. The Morgan fingerprint density at radius 3 is 1.57 bits per heavy atom. The molecule has 0 fully saturated rings. The van der Waals surface area contributed by atoms with Crippen molar-refractivity contribution < 1.29 is 52.1 Å². The van der Waals surface area contributed by atoms with E-state index in [2.05, 4.69) is 4.76 Å². The molecule has 0 bridgehead atoms. The topological polar surface area (TPSA) is 186 Å². The van der Waals surface area contributed by atoms with Crippen LogP contribution < -0.4 is 5.73 Å². The fourth-order valence-electron chi connectivity index (χ4n) is 3.93. The Morgan fingerprint density at radius 2 is 1.17 bits per heavy atom. The van der Waals surface area contributed by atoms with Crippen LogP contribution in [0.25, 0.3) is 0 Å². The summed E-state index contributed by atoms with van der Waals surface area (Å²) in [5.41, 5.74) is 7.68. The number of carbonyl (C=O) groups is 3. The molecule has 0 heterocycles. The van der Waals surface area contributed by atoms with E-state index in [1.807, 2.05) is 60.7 Å². The summed E-state index contributed by atoms with van der Waals surface area (Å²) in [6.45, 7) is 3.49. The van der Waals surface area contributed by atoms with Crippen molar-refractivity contribution in [3.05, 3.63) is 71.8 Å². The zero-order chi connectivity index (χ0) is 33.8. The lowest BCUT2D eigenvalue weighted by Crippen LogP contribution is -2.48. The van der Waals surface area contributed by atoms with E-state index in [0.29, 0.717) is 25.7 Å². The molecule has 254 valence electrons. The average Bonchev–Trinajstić information content (AvgIpc) is 3.03. The van der Waals surface area contributed by atoms with Gasteiger partial charge in [-0.1, -0.05) is 74.5 Å². The molecule has 0 aliphatic heterocycles. The molecule has 2 aromatic rings. The van der Waals surface area contributed by atoms with Crippen molar-refractivity contribution >= 4 is 32.0 Å². The maximum atomic E-state index is 13.5. The molecule has 14 nitrogen and oxygen atoms in total. The smallest absolute Gasteiger partial charge is 0.480 e. The summed E-state index contributed by atoms with van der Waals surface area (Å²) in [7, 11) is -2.77. The standard InChI is InChI=1S/C31H44N3O11P/c1-24(2)27(28(35)36)34(3)29(32)33-46(39,44-20-12-10-18-40-30(37)42-22-25-14-6-4-7-15-25)45-21-13-11-19-41-31(38)43-23-26-16-8-5-9-17-26/h4-9,14-17,24,27H,10-13,18-23H2,1-3H3,(H,35,36)(H2,32,33,39). The van der Waals surface area contributed by atoms with Crippen LogP contribution in [-0.2, 0) is 50.6 Å². The van der Waals surface area contributed by atoms with Crippen molar-refractivity contribution in [1.82, 2.24) is 4.90 Å². The molecule has 2 rings (SSSR count). The fraction of sp³-hybridized carbons (Fsp3) is 0.484. The first-order chi connectivity index (χ1) is 22.0. The Bertz CT molecular complexity index is 1210.